The van der Waals surface area contributed by atoms with Crippen molar-refractivity contribution in [2.45, 2.75) is 13.0 Å². The van der Waals surface area contributed by atoms with Crippen LogP contribution in [0.4, 0.5) is 11.5 Å². The van der Waals surface area contributed by atoms with Gasteiger partial charge in [-0.15, -0.1) is 0 Å². The molecule has 0 aliphatic heterocycles. The molecular formula is C28H23N5O2. The Labute approximate surface area is 202 Å². The van der Waals surface area contributed by atoms with Gasteiger partial charge in [-0.2, -0.15) is 0 Å². The second kappa shape index (κ2) is 9.61. The van der Waals surface area contributed by atoms with Crippen molar-refractivity contribution in [1.29, 1.82) is 0 Å². The minimum Gasteiger partial charge on any atom is -0.478 e. The average molecular weight is 462 g/mol. The van der Waals surface area contributed by atoms with E-state index in [1.165, 1.54) is 5.56 Å². The molecular weight excluding hydrogens is 438 g/mol. The van der Waals surface area contributed by atoms with Crippen LogP contribution in [0.5, 0.6) is 0 Å². The van der Waals surface area contributed by atoms with Gasteiger partial charge >= 0.3 is 5.97 Å². The third-order valence-electron chi connectivity index (χ3n) is 5.78. The van der Waals surface area contributed by atoms with E-state index >= 15 is 0 Å². The molecule has 7 heteroatoms. The minimum absolute atomic E-state index is 0.102. The zero-order valence-corrected chi connectivity index (χ0v) is 19.0. The monoisotopic (exact) mass is 461 g/mol. The Bertz CT molecular complexity index is 1490. The Hall–Kier alpha value is -4.78. The van der Waals surface area contributed by atoms with Crippen LogP contribution in [0.15, 0.2) is 96.2 Å². The summed E-state index contributed by atoms with van der Waals surface area (Å²) in [5, 5.41) is 13.4. The Balaban J connectivity index is 1.34. The molecule has 2 heterocycles. The molecule has 0 bridgehead atoms. The molecule has 0 saturated carbocycles. The normalized spacial score (nSPS) is 12.1. The van der Waals surface area contributed by atoms with Gasteiger partial charge in [0.2, 0.25) is 0 Å². The summed E-state index contributed by atoms with van der Waals surface area (Å²) in [6.45, 7) is 2.11. The van der Waals surface area contributed by atoms with E-state index in [0.717, 1.165) is 39.4 Å². The standard InChI is InChI=1S/C28H23N5O2/c1-18(20-5-3-2-4-6-20)32-26-24-15-25(33-27(24)31-17-30-26)21-11-13-23(14-12-21)29-16-19-7-9-22(10-8-19)28(34)35/h2-18H,1H3,(H,34,35)(H2,30,31,32,33)/b29-16+/t18-/m1/s1. The van der Waals surface area contributed by atoms with Crippen molar-refractivity contribution >= 4 is 34.7 Å². The number of aromatic amines is 1. The zero-order chi connectivity index (χ0) is 24.2. The largest absolute Gasteiger partial charge is 0.478 e. The maximum atomic E-state index is 11.0. The average Bonchev–Trinajstić information content (AvgIpc) is 3.34. The van der Waals surface area contributed by atoms with Crippen LogP contribution in [0.3, 0.4) is 0 Å². The predicted octanol–water partition coefficient (Wildman–Crippen LogP) is 6.25. The lowest BCUT2D eigenvalue weighted by Crippen LogP contribution is -2.08. The fourth-order valence-electron chi connectivity index (χ4n) is 3.83. The van der Waals surface area contributed by atoms with Crippen molar-refractivity contribution < 1.29 is 9.90 Å². The quantitative estimate of drug-likeness (QED) is 0.249. The summed E-state index contributed by atoms with van der Waals surface area (Å²) in [5.41, 5.74) is 5.78. The Kier molecular flexibility index (Phi) is 6.05. The maximum Gasteiger partial charge on any atom is 0.335 e. The van der Waals surface area contributed by atoms with E-state index < -0.39 is 5.97 Å². The molecule has 0 fully saturated rings. The number of aliphatic imine (C=N–C) groups is 1. The number of anilines is 1. The number of carboxylic acid groups (broad SMARTS) is 1. The topological polar surface area (TPSA) is 103 Å². The van der Waals surface area contributed by atoms with E-state index in [-0.39, 0.29) is 11.6 Å². The Morgan fingerprint density at radius 2 is 1.74 bits per heavy atom. The molecule has 35 heavy (non-hydrogen) atoms. The van der Waals surface area contributed by atoms with Crippen LogP contribution in [0, 0.1) is 0 Å². The molecule has 5 aromatic rings. The van der Waals surface area contributed by atoms with Crippen LogP contribution in [0.25, 0.3) is 22.3 Å². The molecule has 2 aromatic heterocycles. The molecule has 1 atom stereocenters. The molecule has 0 aliphatic rings. The van der Waals surface area contributed by atoms with Crippen LogP contribution in [-0.4, -0.2) is 32.2 Å². The van der Waals surface area contributed by atoms with Crippen molar-refractivity contribution in [3.63, 3.8) is 0 Å². The molecule has 5 rings (SSSR count). The number of benzene rings is 3. The number of fused-ring (bicyclic) bond motifs is 1. The Morgan fingerprint density at radius 1 is 1.00 bits per heavy atom. The third-order valence-corrected chi connectivity index (χ3v) is 5.78. The molecule has 3 aromatic carbocycles. The first kappa shape index (κ1) is 22.0. The van der Waals surface area contributed by atoms with Gasteiger partial charge in [0.05, 0.1) is 16.6 Å². The van der Waals surface area contributed by atoms with E-state index in [2.05, 4.69) is 50.4 Å². The molecule has 0 aliphatic carbocycles. The number of nitrogens with zero attached hydrogens (tertiary/aromatic N) is 3. The second-order valence-corrected chi connectivity index (χ2v) is 8.18. The van der Waals surface area contributed by atoms with Crippen molar-refractivity contribution in [2.75, 3.05) is 5.32 Å². The molecule has 0 saturated heterocycles. The van der Waals surface area contributed by atoms with Crippen LogP contribution >= 0.6 is 0 Å². The first-order valence-corrected chi connectivity index (χ1v) is 11.2. The highest BCUT2D eigenvalue weighted by Crippen LogP contribution is 2.29. The summed E-state index contributed by atoms with van der Waals surface area (Å²) >= 11 is 0. The number of nitrogens with one attached hydrogen (secondary N) is 2. The zero-order valence-electron chi connectivity index (χ0n) is 19.0. The van der Waals surface area contributed by atoms with Gasteiger partial charge in [0.25, 0.3) is 0 Å². The molecule has 0 amide bonds. The van der Waals surface area contributed by atoms with Crippen LogP contribution in [-0.2, 0) is 0 Å². The van der Waals surface area contributed by atoms with E-state index in [4.69, 9.17) is 5.11 Å². The number of rotatable bonds is 7. The van der Waals surface area contributed by atoms with Crippen molar-refractivity contribution in [2.24, 2.45) is 4.99 Å². The van der Waals surface area contributed by atoms with Gasteiger partial charge in [-0.1, -0.05) is 54.6 Å². The van der Waals surface area contributed by atoms with Gasteiger partial charge in [-0.05, 0) is 53.9 Å². The molecule has 7 nitrogen and oxygen atoms in total. The van der Waals surface area contributed by atoms with E-state index in [1.54, 1.807) is 36.8 Å². The van der Waals surface area contributed by atoms with Crippen molar-refractivity contribution in [3.05, 3.63) is 108 Å². The summed E-state index contributed by atoms with van der Waals surface area (Å²) in [6, 6.07) is 26.9. The van der Waals surface area contributed by atoms with Crippen LogP contribution in [0.1, 0.15) is 34.5 Å². The minimum atomic E-state index is -0.944. The molecule has 0 radical (unpaired) electrons. The number of H-pyrrole nitrogens is 1. The van der Waals surface area contributed by atoms with E-state index in [1.807, 2.05) is 42.5 Å². The van der Waals surface area contributed by atoms with Gasteiger partial charge in [0, 0.05) is 18.0 Å². The first-order valence-electron chi connectivity index (χ1n) is 11.2. The van der Waals surface area contributed by atoms with Crippen LogP contribution in [0.2, 0.25) is 0 Å². The number of aromatic carboxylic acids is 1. The summed E-state index contributed by atoms with van der Waals surface area (Å²) in [7, 11) is 0. The maximum absolute atomic E-state index is 11.0. The van der Waals surface area contributed by atoms with Gasteiger partial charge in [0.15, 0.2) is 0 Å². The lowest BCUT2D eigenvalue weighted by molar-refractivity contribution is 0.0697. The number of aromatic nitrogens is 3. The fraction of sp³-hybridized carbons (Fsp3) is 0.0714. The van der Waals surface area contributed by atoms with Crippen molar-refractivity contribution in [1.82, 2.24) is 15.0 Å². The van der Waals surface area contributed by atoms with Gasteiger partial charge in [-0.3, -0.25) is 4.99 Å². The lowest BCUT2D eigenvalue weighted by Gasteiger charge is -2.15. The lowest BCUT2D eigenvalue weighted by atomic mass is 10.1. The van der Waals surface area contributed by atoms with Gasteiger partial charge < -0.3 is 15.4 Å². The molecule has 3 N–H and O–H groups in total. The number of hydrogen-bond donors (Lipinski definition) is 3. The third kappa shape index (κ3) is 4.94. The molecule has 172 valence electrons. The van der Waals surface area contributed by atoms with E-state index in [9.17, 15) is 4.79 Å². The highest BCUT2D eigenvalue weighted by molar-refractivity contribution is 5.92. The van der Waals surface area contributed by atoms with Gasteiger partial charge in [0.1, 0.15) is 17.8 Å². The van der Waals surface area contributed by atoms with Gasteiger partial charge in [-0.25, -0.2) is 14.8 Å². The van der Waals surface area contributed by atoms with Crippen molar-refractivity contribution in [3.8, 4) is 11.3 Å². The number of carbonyl (C=O) groups is 1. The number of hydrogen-bond acceptors (Lipinski definition) is 5. The summed E-state index contributed by atoms with van der Waals surface area (Å²) in [6.07, 6.45) is 3.27. The summed E-state index contributed by atoms with van der Waals surface area (Å²) in [4.78, 5) is 27.7. The predicted molar refractivity (Wildman–Crippen MR) is 138 cm³/mol. The fourth-order valence-corrected chi connectivity index (χ4v) is 3.83. The van der Waals surface area contributed by atoms with Crippen LogP contribution < -0.4 is 5.32 Å². The molecule has 0 spiro atoms. The number of carboxylic acids is 1. The van der Waals surface area contributed by atoms with E-state index in [0.29, 0.717) is 0 Å². The first-order chi connectivity index (χ1) is 17.1. The highest BCUT2D eigenvalue weighted by Gasteiger charge is 2.12. The summed E-state index contributed by atoms with van der Waals surface area (Å²) < 4.78 is 0. The second-order valence-electron chi connectivity index (χ2n) is 8.18. The molecule has 0 unspecified atom stereocenters. The Morgan fingerprint density at radius 3 is 2.46 bits per heavy atom. The smallest absolute Gasteiger partial charge is 0.335 e. The SMILES string of the molecule is C[C@@H](Nc1ncnc2[nH]c(-c3ccc(/N=C/c4ccc(C(=O)O)cc4)cc3)cc12)c1ccccc1. The highest BCUT2D eigenvalue weighted by atomic mass is 16.4. The summed E-state index contributed by atoms with van der Waals surface area (Å²) in [5.74, 6) is -0.162.